The Hall–Kier alpha value is -1.42. The van der Waals surface area contributed by atoms with Gasteiger partial charge in [0.15, 0.2) is 11.5 Å². The first-order valence-electron chi connectivity index (χ1n) is 6.34. The molecule has 1 saturated heterocycles. The predicted octanol–water partition coefficient (Wildman–Crippen LogP) is 2.53. The average molecular weight is 251 g/mol. The highest BCUT2D eigenvalue weighted by molar-refractivity contribution is 5.56. The summed E-state index contributed by atoms with van der Waals surface area (Å²) in [4.78, 5) is 0. The fraction of sp³-hybridized carbons (Fsp3) is 0.571. The molecule has 0 aromatic heterocycles. The van der Waals surface area contributed by atoms with Crippen molar-refractivity contribution in [1.82, 2.24) is 5.32 Å². The third-order valence-electron chi connectivity index (χ3n) is 3.42. The largest absolute Gasteiger partial charge is 0.493 e. The molecule has 1 aromatic rings. The van der Waals surface area contributed by atoms with E-state index in [4.69, 9.17) is 14.2 Å². The van der Waals surface area contributed by atoms with Gasteiger partial charge in [-0.2, -0.15) is 0 Å². The van der Waals surface area contributed by atoms with Crippen molar-refractivity contribution in [3.8, 4) is 17.2 Å². The summed E-state index contributed by atoms with van der Waals surface area (Å²) in [6.45, 7) is 1.06. The fourth-order valence-electron chi connectivity index (χ4n) is 2.52. The molecular formula is C14H21NO3. The molecule has 1 heterocycles. The van der Waals surface area contributed by atoms with Gasteiger partial charge in [-0.05, 0) is 31.5 Å². The first-order chi connectivity index (χ1) is 8.81. The van der Waals surface area contributed by atoms with Crippen molar-refractivity contribution >= 4 is 0 Å². The Labute approximate surface area is 108 Å². The molecule has 1 unspecified atom stereocenters. The zero-order chi connectivity index (χ0) is 13.0. The third kappa shape index (κ3) is 2.38. The fourth-order valence-corrected chi connectivity index (χ4v) is 2.52. The van der Waals surface area contributed by atoms with Crippen LogP contribution in [0.2, 0.25) is 0 Å². The van der Waals surface area contributed by atoms with Crippen LogP contribution in [0.25, 0.3) is 0 Å². The lowest BCUT2D eigenvalue weighted by Crippen LogP contribution is -2.27. The van der Waals surface area contributed by atoms with Crippen molar-refractivity contribution in [2.45, 2.75) is 25.3 Å². The molecule has 100 valence electrons. The summed E-state index contributed by atoms with van der Waals surface area (Å²) in [6.07, 6.45) is 3.62. The van der Waals surface area contributed by atoms with E-state index in [1.807, 2.05) is 6.07 Å². The lowest BCUT2D eigenvalue weighted by Gasteiger charge is -2.26. The molecule has 0 aliphatic carbocycles. The molecule has 0 spiro atoms. The number of ether oxygens (including phenoxy) is 3. The van der Waals surface area contributed by atoms with Gasteiger partial charge in [0.25, 0.3) is 0 Å². The maximum Gasteiger partial charge on any atom is 0.203 e. The Balaban J connectivity index is 2.40. The van der Waals surface area contributed by atoms with Gasteiger partial charge in [0.2, 0.25) is 5.75 Å². The van der Waals surface area contributed by atoms with E-state index < -0.39 is 0 Å². The summed E-state index contributed by atoms with van der Waals surface area (Å²) in [5.74, 6) is 2.15. The highest BCUT2D eigenvalue weighted by Gasteiger charge is 2.23. The minimum atomic E-state index is 0.341. The number of nitrogens with one attached hydrogen (secondary N) is 1. The molecule has 1 atom stereocenters. The minimum absolute atomic E-state index is 0.341. The number of piperidine rings is 1. The first kappa shape index (κ1) is 13.0. The van der Waals surface area contributed by atoms with Crippen molar-refractivity contribution in [1.29, 1.82) is 0 Å². The van der Waals surface area contributed by atoms with Gasteiger partial charge in [-0.3, -0.25) is 0 Å². The molecule has 1 fully saturated rings. The van der Waals surface area contributed by atoms with Crippen LogP contribution >= 0.6 is 0 Å². The molecule has 0 amide bonds. The molecule has 0 radical (unpaired) electrons. The van der Waals surface area contributed by atoms with Crippen molar-refractivity contribution in [2.75, 3.05) is 27.9 Å². The van der Waals surface area contributed by atoms with E-state index in [9.17, 15) is 0 Å². The van der Waals surface area contributed by atoms with Crippen LogP contribution in [0.4, 0.5) is 0 Å². The van der Waals surface area contributed by atoms with E-state index in [0.717, 1.165) is 24.3 Å². The van der Waals surface area contributed by atoms with E-state index in [1.165, 1.54) is 12.8 Å². The maximum atomic E-state index is 5.52. The van der Waals surface area contributed by atoms with Gasteiger partial charge < -0.3 is 19.5 Å². The molecule has 18 heavy (non-hydrogen) atoms. The van der Waals surface area contributed by atoms with E-state index in [0.29, 0.717) is 17.5 Å². The predicted molar refractivity (Wildman–Crippen MR) is 70.7 cm³/mol. The Kier molecular flexibility index (Phi) is 4.31. The van der Waals surface area contributed by atoms with Crippen LogP contribution in [-0.2, 0) is 0 Å². The number of methoxy groups -OCH3 is 3. The molecule has 1 N–H and O–H groups in total. The zero-order valence-corrected chi connectivity index (χ0v) is 11.3. The van der Waals surface area contributed by atoms with E-state index in [1.54, 1.807) is 21.3 Å². The number of hydrogen-bond donors (Lipinski definition) is 1. The topological polar surface area (TPSA) is 39.7 Å². The lowest BCUT2D eigenvalue weighted by atomic mass is 9.96. The molecule has 0 saturated carbocycles. The average Bonchev–Trinajstić information content (AvgIpc) is 2.46. The van der Waals surface area contributed by atoms with E-state index in [-0.39, 0.29) is 0 Å². The second-order valence-electron chi connectivity index (χ2n) is 4.43. The van der Waals surface area contributed by atoms with Crippen molar-refractivity contribution in [2.24, 2.45) is 0 Å². The van der Waals surface area contributed by atoms with Crippen LogP contribution in [0.1, 0.15) is 30.9 Å². The molecule has 1 aliphatic heterocycles. The van der Waals surface area contributed by atoms with E-state index >= 15 is 0 Å². The third-order valence-corrected chi connectivity index (χ3v) is 3.42. The second-order valence-corrected chi connectivity index (χ2v) is 4.43. The second kappa shape index (κ2) is 5.96. The molecule has 0 bridgehead atoms. The van der Waals surface area contributed by atoms with Crippen molar-refractivity contribution < 1.29 is 14.2 Å². The van der Waals surface area contributed by atoms with Gasteiger partial charge in [-0.15, -0.1) is 0 Å². The summed E-state index contributed by atoms with van der Waals surface area (Å²) < 4.78 is 16.2. The Morgan fingerprint density at radius 1 is 1.00 bits per heavy atom. The number of hydrogen-bond acceptors (Lipinski definition) is 4. The smallest absolute Gasteiger partial charge is 0.203 e. The Morgan fingerprint density at radius 3 is 2.33 bits per heavy atom. The van der Waals surface area contributed by atoms with Gasteiger partial charge in [0, 0.05) is 11.6 Å². The summed E-state index contributed by atoms with van der Waals surface area (Å²) >= 11 is 0. The zero-order valence-electron chi connectivity index (χ0n) is 11.3. The van der Waals surface area contributed by atoms with Crippen LogP contribution < -0.4 is 19.5 Å². The standard InChI is InChI=1S/C14H21NO3/c1-16-12-8-7-10(11-6-4-5-9-15-11)13(17-2)14(12)18-3/h7-8,11,15H,4-6,9H2,1-3H3. The molecule has 2 rings (SSSR count). The van der Waals surface area contributed by atoms with E-state index in [2.05, 4.69) is 11.4 Å². The SMILES string of the molecule is COc1ccc(C2CCCCN2)c(OC)c1OC. The van der Waals surface area contributed by atoms with Gasteiger partial charge in [0.1, 0.15) is 0 Å². The lowest BCUT2D eigenvalue weighted by molar-refractivity contribution is 0.315. The molecule has 1 aromatic carbocycles. The summed E-state index contributed by atoms with van der Waals surface area (Å²) in [5.41, 5.74) is 1.15. The first-order valence-corrected chi connectivity index (χ1v) is 6.34. The summed E-state index contributed by atoms with van der Waals surface area (Å²) in [7, 11) is 4.94. The highest BCUT2D eigenvalue weighted by Crippen LogP contribution is 2.43. The van der Waals surface area contributed by atoms with Crippen molar-refractivity contribution in [3.05, 3.63) is 17.7 Å². The van der Waals surface area contributed by atoms with Crippen LogP contribution in [0.3, 0.4) is 0 Å². The normalized spacial score (nSPS) is 19.4. The van der Waals surface area contributed by atoms with Gasteiger partial charge in [0.05, 0.1) is 21.3 Å². The number of rotatable bonds is 4. The van der Waals surface area contributed by atoms with Crippen LogP contribution in [0.15, 0.2) is 12.1 Å². The molecular weight excluding hydrogens is 230 g/mol. The molecule has 1 aliphatic rings. The molecule has 4 heteroatoms. The summed E-state index contributed by atoms with van der Waals surface area (Å²) in [5, 5.41) is 3.52. The minimum Gasteiger partial charge on any atom is -0.493 e. The number of benzene rings is 1. The van der Waals surface area contributed by atoms with Gasteiger partial charge in [-0.25, -0.2) is 0 Å². The van der Waals surface area contributed by atoms with Gasteiger partial charge >= 0.3 is 0 Å². The summed E-state index contributed by atoms with van der Waals surface area (Å²) in [6, 6.07) is 4.34. The van der Waals surface area contributed by atoms with Crippen LogP contribution in [-0.4, -0.2) is 27.9 Å². The monoisotopic (exact) mass is 251 g/mol. The molecule has 4 nitrogen and oxygen atoms in total. The quantitative estimate of drug-likeness (QED) is 0.892. The van der Waals surface area contributed by atoms with Crippen LogP contribution in [0.5, 0.6) is 17.2 Å². The van der Waals surface area contributed by atoms with Gasteiger partial charge in [-0.1, -0.05) is 6.42 Å². The van der Waals surface area contributed by atoms with Crippen LogP contribution in [0, 0.1) is 0 Å². The maximum absolute atomic E-state index is 5.52. The Morgan fingerprint density at radius 2 is 1.78 bits per heavy atom. The van der Waals surface area contributed by atoms with Crippen molar-refractivity contribution in [3.63, 3.8) is 0 Å². The highest BCUT2D eigenvalue weighted by atomic mass is 16.5. The Bertz CT molecular complexity index is 400.